The Hall–Kier alpha value is -4.68. The van der Waals surface area contributed by atoms with Crippen molar-refractivity contribution in [1.82, 2.24) is 19.9 Å². The van der Waals surface area contributed by atoms with Crippen molar-refractivity contribution in [3.05, 3.63) is 89.8 Å². The van der Waals surface area contributed by atoms with Crippen LogP contribution in [0, 0.1) is 17.1 Å². The molecule has 0 amide bonds. The second kappa shape index (κ2) is 11.6. The lowest BCUT2D eigenvalue weighted by Crippen LogP contribution is -2.53. The largest absolute Gasteiger partial charge is 0.496 e. The van der Waals surface area contributed by atoms with Crippen LogP contribution in [0.2, 0.25) is 0 Å². The predicted octanol–water partition coefficient (Wildman–Crippen LogP) is 4.79. The van der Waals surface area contributed by atoms with Crippen molar-refractivity contribution in [2.24, 2.45) is 0 Å². The average Bonchev–Trinajstić information content (AvgIpc) is 2.96. The minimum atomic E-state index is -0.529. The molecule has 3 heterocycles. The first-order valence-electron chi connectivity index (χ1n) is 13.0. The molecule has 5 rings (SSSR count). The van der Waals surface area contributed by atoms with Gasteiger partial charge in [-0.25, -0.2) is 14.4 Å². The molecule has 4 aromatic rings. The fraction of sp³-hybridized carbons (Fsp3) is 0.258. The topological polar surface area (TPSA) is 95.2 Å². The molecule has 0 N–H and O–H groups in total. The molecular formula is C31H29FN6O2. The summed E-state index contributed by atoms with van der Waals surface area (Å²) in [5, 5.41) is 9.63. The van der Waals surface area contributed by atoms with E-state index in [0.29, 0.717) is 17.4 Å². The first-order chi connectivity index (χ1) is 19.4. The molecule has 0 spiro atoms. The molecule has 202 valence electrons. The lowest BCUT2D eigenvalue weighted by Gasteiger charge is -2.45. The van der Waals surface area contributed by atoms with Crippen molar-refractivity contribution >= 4 is 11.5 Å². The molecular weight excluding hydrogens is 507 g/mol. The molecule has 2 aromatic heterocycles. The molecule has 1 fully saturated rings. The number of halogens is 1. The zero-order valence-electron chi connectivity index (χ0n) is 22.6. The maximum atomic E-state index is 14.7. The number of hydrogen-bond acceptors (Lipinski definition) is 8. The zero-order valence-corrected chi connectivity index (χ0v) is 22.6. The highest BCUT2D eigenvalue weighted by Crippen LogP contribution is 2.36. The number of ketones is 1. The lowest BCUT2D eigenvalue weighted by atomic mass is 9.93. The minimum absolute atomic E-state index is 0.0887. The van der Waals surface area contributed by atoms with Crippen LogP contribution in [0.15, 0.2) is 67.1 Å². The Bertz CT molecular complexity index is 1600. The number of hydrogen-bond donors (Lipinski definition) is 0. The first kappa shape index (κ1) is 26.9. The van der Waals surface area contributed by atoms with E-state index in [9.17, 15) is 14.4 Å². The van der Waals surface area contributed by atoms with Crippen LogP contribution in [0.25, 0.3) is 22.5 Å². The number of likely N-dealkylation sites (N-methyl/N-ethyl adjacent to an activating group) is 1. The molecule has 1 aliphatic heterocycles. The summed E-state index contributed by atoms with van der Waals surface area (Å²) in [4.78, 5) is 30.8. The molecule has 9 heteroatoms. The average molecular weight is 537 g/mol. The van der Waals surface area contributed by atoms with Gasteiger partial charge in [-0.15, -0.1) is 0 Å². The van der Waals surface area contributed by atoms with E-state index in [1.165, 1.54) is 19.4 Å². The number of carbonyl (C=O) groups is 1. The summed E-state index contributed by atoms with van der Waals surface area (Å²) in [6.07, 6.45) is 5.90. The van der Waals surface area contributed by atoms with Crippen molar-refractivity contribution in [2.45, 2.75) is 18.9 Å². The number of rotatable bonds is 9. The van der Waals surface area contributed by atoms with Crippen LogP contribution in [-0.2, 0) is 6.42 Å². The predicted molar refractivity (Wildman–Crippen MR) is 151 cm³/mol. The highest BCUT2D eigenvalue weighted by Gasteiger charge is 2.31. The summed E-state index contributed by atoms with van der Waals surface area (Å²) in [6.45, 7) is 1.75. The number of carbonyl (C=O) groups excluding carboxylic acids is 1. The van der Waals surface area contributed by atoms with Crippen LogP contribution in [0.5, 0.6) is 5.75 Å². The number of Topliss-reactive ketones (excluding diaryl/α,β-unsaturated/α-hetero) is 1. The van der Waals surface area contributed by atoms with Gasteiger partial charge in [0.1, 0.15) is 17.3 Å². The number of ether oxygens (including phenoxy) is 1. The number of nitriles is 1. The maximum Gasteiger partial charge on any atom is 0.185 e. The third-order valence-corrected chi connectivity index (χ3v) is 7.08. The third kappa shape index (κ3) is 5.40. The molecule has 2 aromatic carbocycles. The SMILES string of the molecule is COc1cccc(F)c1-c1nccc(C(=O)Cc2ccc(-c3cnccc3C#N)cc2N2CC[C@@H]2CN(C)C)n1. The van der Waals surface area contributed by atoms with Gasteiger partial charge in [0, 0.05) is 55.4 Å². The Labute approximate surface area is 232 Å². The molecule has 0 radical (unpaired) electrons. The maximum absolute atomic E-state index is 14.7. The lowest BCUT2D eigenvalue weighted by molar-refractivity contribution is 0.0988. The van der Waals surface area contributed by atoms with E-state index in [2.05, 4.69) is 30.8 Å². The Balaban J connectivity index is 1.50. The van der Waals surface area contributed by atoms with Gasteiger partial charge in [-0.05, 0) is 62.0 Å². The van der Waals surface area contributed by atoms with Crippen molar-refractivity contribution in [3.8, 4) is 34.3 Å². The van der Waals surface area contributed by atoms with Gasteiger partial charge in [-0.1, -0.05) is 18.2 Å². The standard InChI is InChI=1S/C31H29FN6O2/c1-37(2)19-23-11-14-38(23)27-15-20(24-18-34-12-9-22(24)17-33)7-8-21(27)16-28(39)26-10-13-35-31(36-26)30-25(32)5-4-6-29(30)40-3/h4-10,12-13,15,18,23H,11,14,16,19H2,1-3H3/t23-/m1/s1. The second-order valence-corrected chi connectivity index (χ2v) is 9.96. The van der Waals surface area contributed by atoms with Gasteiger partial charge < -0.3 is 14.5 Å². The van der Waals surface area contributed by atoms with Crippen molar-refractivity contribution < 1.29 is 13.9 Å². The molecule has 0 unspecified atom stereocenters. The quantitative estimate of drug-likeness (QED) is 0.282. The van der Waals surface area contributed by atoms with Crippen LogP contribution >= 0.6 is 0 Å². The van der Waals surface area contributed by atoms with Crippen LogP contribution in [-0.4, -0.2) is 66.0 Å². The van der Waals surface area contributed by atoms with E-state index < -0.39 is 5.82 Å². The highest BCUT2D eigenvalue weighted by atomic mass is 19.1. The molecule has 0 saturated carbocycles. The van der Waals surface area contributed by atoms with E-state index >= 15 is 0 Å². The summed E-state index contributed by atoms with van der Waals surface area (Å²) in [5.74, 6) is -0.361. The molecule has 40 heavy (non-hydrogen) atoms. The molecule has 0 aliphatic carbocycles. The van der Waals surface area contributed by atoms with Crippen molar-refractivity contribution in [2.75, 3.05) is 39.2 Å². The van der Waals surface area contributed by atoms with E-state index in [4.69, 9.17) is 4.74 Å². The van der Waals surface area contributed by atoms with E-state index in [0.717, 1.165) is 41.9 Å². The molecule has 0 bridgehead atoms. The Morgan fingerprint density at radius 1 is 1.20 bits per heavy atom. The molecule has 1 saturated heterocycles. The van der Waals surface area contributed by atoms with Gasteiger partial charge in [0.25, 0.3) is 0 Å². The number of nitrogens with zero attached hydrogens (tertiary/aromatic N) is 6. The number of pyridine rings is 1. The fourth-order valence-electron chi connectivity index (χ4n) is 5.03. The van der Waals surface area contributed by atoms with Gasteiger partial charge in [0.2, 0.25) is 0 Å². The van der Waals surface area contributed by atoms with E-state index in [1.54, 1.807) is 36.7 Å². The summed E-state index contributed by atoms with van der Waals surface area (Å²) in [5.41, 5.74) is 4.25. The summed E-state index contributed by atoms with van der Waals surface area (Å²) in [7, 11) is 5.54. The number of anilines is 1. The summed E-state index contributed by atoms with van der Waals surface area (Å²) >= 11 is 0. The number of aromatic nitrogens is 3. The monoisotopic (exact) mass is 536 g/mol. The highest BCUT2D eigenvalue weighted by molar-refractivity contribution is 5.97. The number of methoxy groups -OCH3 is 1. The van der Waals surface area contributed by atoms with Crippen LogP contribution in [0.3, 0.4) is 0 Å². The van der Waals surface area contributed by atoms with Gasteiger partial charge in [0.15, 0.2) is 11.6 Å². The third-order valence-electron chi connectivity index (χ3n) is 7.08. The van der Waals surface area contributed by atoms with E-state index in [-0.39, 0.29) is 29.3 Å². The normalized spacial score (nSPS) is 14.5. The smallest absolute Gasteiger partial charge is 0.185 e. The van der Waals surface area contributed by atoms with Gasteiger partial charge in [-0.2, -0.15) is 5.26 Å². The van der Waals surface area contributed by atoms with Gasteiger partial charge in [0.05, 0.1) is 24.3 Å². The number of benzene rings is 2. The first-order valence-corrected chi connectivity index (χ1v) is 13.0. The minimum Gasteiger partial charge on any atom is -0.496 e. The summed E-state index contributed by atoms with van der Waals surface area (Å²) < 4.78 is 20.0. The summed E-state index contributed by atoms with van der Waals surface area (Å²) in [6, 6.07) is 16.2. The molecule has 1 aliphatic rings. The van der Waals surface area contributed by atoms with Crippen LogP contribution < -0.4 is 9.64 Å². The van der Waals surface area contributed by atoms with Gasteiger partial charge in [-0.3, -0.25) is 9.78 Å². The Kier molecular flexibility index (Phi) is 7.80. The molecule has 8 nitrogen and oxygen atoms in total. The zero-order chi connectivity index (χ0) is 28.2. The molecule has 1 atom stereocenters. The Morgan fingerprint density at radius 2 is 2.05 bits per heavy atom. The van der Waals surface area contributed by atoms with Crippen LogP contribution in [0.4, 0.5) is 10.1 Å². The fourth-order valence-corrected chi connectivity index (χ4v) is 5.03. The van der Waals surface area contributed by atoms with Gasteiger partial charge >= 0.3 is 0 Å². The second-order valence-electron chi connectivity index (χ2n) is 9.96. The van der Waals surface area contributed by atoms with E-state index in [1.807, 2.05) is 32.3 Å². The van der Waals surface area contributed by atoms with Crippen molar-refractivity contribution in [3.63, 3.8) is 0 Å². The van der Waals surface area contributed by atoms with Crippen LogP contribution in [0.1, 0.15) is 28.0 Å². The Morgan fingerprint density at radius 3 is 2.77 bits per heavy atom. The van der Waals surface area contributed by atoms with Crippen molar-refractivity contribution in [1.29, 1.82) is 5.26 Å².